The van der Waals surface area contributed by atoms with Gasteiger partial charge in [-0.1, -0.05) is 0 Å². The first-order valence-corrected chi connectivity index (χ1v) is 9.58. The maximum absolute atomic E-state index is 12.9. The number of morpholine rings is 1. The second-order valence-electron chi connectivity index (χ2n) is 5.69. The number of nitrogens with zero attached hydrogens (tertiary/aromatic N) is 3. The lowest BCUT2D eigenvalue weighted by Crippen LogP contribution is -2.42. The number of sulfonamides is 1. The fourth-order valence-corrected chi connectivity index (χ4v) is 3.96. The Morgan fingerprint density at radius 2 is 2.00 bits per heavy atom. The standard InChI is InChI=1S/C16H21N3O6S/c1-12-17-18-16(25-12)15-11-19(7-8-24-15)26(20,21)14-5-3-13(4-6-14)23-10-9-22-2/h3-6,15H,7-11H2,1-2H3. The molecule has 0 saturated carbocycles. The Kier molecular flexibility index (Phi) is 5.87. The first kappa shape index (κ1) is 18.8. The van der Waals surface area contributed by atoms with E-state index in [1.165, 1.54) is 16.4 Å². The lowest BCUT2D eigenvalue weighted by atomic mass is 10.3. The van der Waals surface area contributed by atoms with Crippen molar-refractivity contribution in [2.75, 3.05) is 40.0 Å². The summed E-state index contributed by atoms with van der Waals surface area (Å²) >= 11 is 0. The van der Waals surface area contributed by atoms with Gasteiger partial charge < -0.3 is 18.6 Å². The van der Waals surface area contributed by atoms with Gasteiger partial charge in [-0.15, -0.1) is 10.2 Å². The second kappa shape index (κ2) is 8.12. The van der Waals surface area contributed by atoms with E-state index in [-0.39, 0.29) is 30.5 Å². The summed E-state index contributed by atoms with van der Waals surface area (Å²) in [6.07, 6.45) is -0.573. The van der Waals surface area contributed by atoms with Crippen LogP contribution in [0.5, 0.6) is 5.75 Å². The van der Waals surface area contributed by atoms with Crippen molar-refractivity contribution < 1.29 is 27.0 Å². The maximum Gasteiger partial charge on any atom is 0.246 e. The summed E-state index contributed by atoms with van der Waals surface area (Å²) in [6.45, 7) is 3.17. The molecule has 0 N–H and O–H groups in total. The molecular weight excluding hydrogens is 362 g/mol. The van der Waals surface area contributed by atoms with Crippen molar-refractivity contribution in [2.24, 2.45) is 0 Å². The van der Waals surface area contributed by atoms with Crippen LogP contribution in [0.15, 0.2) is 33.6 Å². The quantitative estimate of drug-likeness (QED) is 0.656. The molecule has 2 heterocycles. The Morgan fingerprint density at radius 1 is 1.23 bits per heavy atom. The number of ether oxygens (including phenoxy) is 3. The van der Waals surface area contributed by atoms with Gasteiger partial charge in [-0.05, 0) is 24.3 Å². The lowest BCUT2D eigenvalue weighted by Gasteiger charge is -2.30. The molecule has 1 fully saturated rings. The molecule has 26 heavy (non-hydrogen) atoms. The van der Waals surface area contributed by atoms with E-state index < -0.39 is 16.1 Å². The van der Waals surface area contributed by atoms with Gasteiger partial charge >= 0.3 is 0 Å². The fourth-order valence-electron chi connectivity index (χ4n) is 2.54. The summed E-state index contributed by atoms with van der Waals surface area (Å²) in [5.41, 5.74) is 0. The molecule has 3 rings (SSSR count). The molecule has 1 saturated heterocycles. The molecule has 0 aliphatic carbocycles. The van der Waals surface area contributed by atoms with E-state index in [9.17, 15) is 8.42 Å². The highest BCUT2D eigenvalue weighted by molar-refractivity contribution is 7.89. The van der Waals surface area contributed by atoms with Crippen LogP contribution < -0.4 is 4.74 Å². The zero-order valence-electron chi connectivity index (χ0n) is 14.6. The molecule has 0 bridgehead atoms. The van der Waals surface area contributed by atoms with Gasteiger partial charge in [0.1, 0.15) is 18.5 Å². The number of hydrogen-bond acceptors (Lipinski definition) is 8. The molecule has 1 aliphatic rings. The van der Waals surface area contributed by atoms with Crippen LogP contribution in [0.25, 0.3) is 0 Å². The fraction of sp³-hybridized carbons (Fsp3) is 0.500. The average molecular weight is 383 g/mol. The molecule has 142 valence electrons. The molecule has 0 spiro atoms. The van der Waals surface area contributed by atoms with Crippen molar-refractivity contribution in [3.8, 4) is 5.75 Å². The van der Waals surface area contributed by atoms with E-state index in [1.54, 1.807) is 26.2 Å². The number of hydrogen-bond donors (Lipinski definition) is 0. The summed E-state index contributed by atoms with van der Waals surface area (Å²) in [5, 5.41) is 7.68. The van der Waals surface area contributed by atoms with Crippen LogP contribution >= 0.6 is 0 Å². The lowest BCUT2D eigenvalue weighted by molar-refractivity contribution is -0.0176. The minimum atomic E-state index is -3.65. The van der Waals surface area contributed by atoms with Crippen molar-refractivity contribution in [1.82, 2.24) is 14.5 Å². The topological polar surface area (TPSA) is 104 Å². The van der Waals surface area contributed by atoms with Crippen LogP contribution in [0.1, 0.15) is 17.9 Å². The predicted molar refractivity (Wildman–Crippen MR) is 90.3 cm³/mol. The molecular formula is C16H21N3O6S. The van der Waals surface area contributed by atoms with Gasteiger partial charge in [-0.3, -0.25) is 0 Å². The third-order valence-corrected chi connectivity index (χ3v) is 5.74. The van der Waals surface area contributed by atoms with Crippen LogP contribution in [0.2, 0.25) is 0 Å². The average Bonchev–Trinajstić information content (AvgIpc) is 3.09. The Hall–Kier alpha value is -2.01. The summed E-state index contributed by atoms with van der Waals surface area (Å²) in [7, 11) is -2.07. The van der Waals surface area contributed by atoms with Crippen molar-refractivity contribution >= 4 is 10.0 Å². The number of aromatic nitrogens is 2. The minimum Gasteiger partial charge on any atom is -0.491 e. The summed E-state index contributed by atoms with van der Waals surface area (Å²) in [4.78, 5) is 0.193. The first-order valence-electron chi connectivity index (χ1n) is 8.14. The summed E-state index contributed by atoms with van der Waals surface area (Å²) in [5.74, 6) is 1.28. The smallest absolute Gasteiger partial charge is 0.246 e. The molecule has 1 atom stereocenters. The van der Waals surface area contributed by atoms with Crippen molar-refractivity contribution in [2.45, 2.75) is 17.9 Å². The van der Waals surface area contributed by atoms with Gasteiger partial charge in [0.2, 0.25) is 21.8 Å². The zero-order valence-corrected chi connectivity index (χ0v) is 15.4. The van der Waals surface area contributed by atoms with Crippen LogP contribution in [-0.2, 0) is 19.5 Å². The number of methoxy groups -OCH3 is 1. The maximum atomic E-state index is 12.9. The van der Waals surface area contributed by atoms with E-state index in [2.05, 4.69) is 10.2 Å². The molecule has 0 radical (unpaired) electrons. The number of rotatable bonds is 7. The molecule has 9 nitrogen and oxygen atoms in total. The Labute approximate surface area is 151 Å². The monoisotopic (exact) mass is 383 g/mol. The highest BCUT2D eigenvalue weighted by Gasteiger charge is 2.33. The van der Waals surface area contributed by atoms with Crippen LogP contribution in [0.3, 0.4) is 0 Å². The Morgan fingerprint density at radius 3 is 2.65 bits per heavy atom. The Balaban J connectivity index is 1.70. The largest absolute Gasteiger partial charge is 0.491 e. The molecule has 1 aliphatic heterocycles. The van der Waals surface area contributed by atoms with Crippen LogP contribution in [-0.4, -0.2) is 62.9 Å². The Bertz CT molecular complexity index is 821. The van der Waals surface area contributed by atoms with Crippen LogP contribution in [0, 0.1) is 6.92 Å². The minimum absolute atomic E-state index is 0.121. The van der Waals surface area contributed by atoms with Gasteiger partial charge in [0.15, 0.2) is 0 Å². The molecule has 1 aromatic carbocycles. The third kappa shape index (κ3) is 4.21. The highest BCUT2D eigenvalue weighted by Crippen LogP contribution is 2.26. The van der Waals surface area contributed by atoms with Gasteiger partial charge in [-0.2, -0.15) is 4.31 Å². The van der Waals surface area contributed by atoms with Crippen molar-refractivity contribution in [3.05, 3.63) is 36.0 Å². The normalized spacial score (nSPS) is 18.8. The third-order valence-electron chi connectivity index (χ3n) is 3.86. The second-order valence-corrected chi connectivity index (χ2v) is 7.63. The number of benzene rings is 1. The van der Waals surface area contributed by atoms with Crippen molar-refractivity contribution in [3.63, 3.8) is 0 Å². The summed E-state index contributed by atoms with van der Waals surface area (Å²) < 4.78 is 48.4. The van der Waals surface area contributed by atoms with Gasteiger partial charge in [0.25, 0.3) is 0 Å². The van der Waals surface area contributed by atoms with E-state index in [4.69, 9.17) is 18.6 Å². The van der Waals surface area contributed by atoms with Gasteiger partial charge in [0, 0.05) is 27.1 Å². The summed E-state index contributed by atoms with van der Waals surface area (Å²) in [6, 6.07) is 6.31. The van der Waals surface area contributed by atoms with E-state index in [0.717, 1.165) is 0 Å². The zero-order chi connectivity index (χ0) is 18.6. The molecule has 10 heteroatoms. The van der Waals surface area contributed by atoms with E-state index in [0.29, 0.717) is 24.9 Å². The molecule has 1 aromatic heterocycles. The van der Waals surface area contributed by atoms with E-state index >= 15 is 0 Å². The predicted octanol–water partition coefficient (Wildman–Crippen LogP) is 1.17. The van der Waals surface area contributed by atoms with Gasteiger partial charge in [0.05, 0.1) is 18.1 Å². The van der Waals surface area contributed by atoms with Gasteiger partial charge in [-0.25, -0.2) is 8.42 Å². The highest BCUT2D eigenvalue weighted by atomic mass is 32.2. The van der Waals surface area contributed by atoms with Crippen LogP contribution in [0.4, 0.5) is 0 Å². The SMILES string of the molecule is COCCOc1ccc(S(=O)(=O)N2CCOC(c3nnc(C)o3)C2)cc1. The van der Waals surface area contributed by atoms with Crippen molar-refractivity contribution in [1.29, 1.82) is 0 Å². The first-order chi connectivity index (χ1) is 12.5. The molecule has 2 aromatic rings. The molecule has 0 amide bonds. The number of aryl methyl sites for hydroxylation is 1. The molecule has 1 unspecified atom stereocenters. The van der Waals surface area contributed by atoms with E-state index in [1.807, 2.05) is 0 Å².